The van der Waals surface area contributed by atoms with Gasteiger partial charge in [-0.3, -0.25) is 20.0 Å². The van der Waals surface area contributed by atoms with Gasteiger partial charge in [0, 0.05) is 13.2 Å². The lowest BCUT2D eigenvalue weighted by atomic mass is 10.1. The summed E-state index contributed by atoms with van der Waals surface area (Å²) in [5, 5.41) is 22.5. The van der Waals surface area contributed by atoms with Gasteiger partial charge in [-0.15, -0.1) is 0 Å². The molecule has 98 valence electrons. The number of nitrogens with one attached hydrogen (secondary N) is 3. The van der Waals surface area contributed by atoms with E-state index in [0.29, 0.717) is 5.69 Å². The number of H-pyrrole nitrogens is 1. The fourth-order valence-corrected chi connectivity index (χ4v) is 1.64. The van der Waals surface area contributed by atoms with Crippen molar-refractivity contribution in [3.05, 3.63) is 46.3 Å². The van der Waals surface area contributed by atoms with Crippen LogP contribution in [0.15, 0.2) is 30.6 Å². The summed E-state index contributed by atoms with van der Waals surface area (Å²) in [6, 6.07) is 4.50. The van der Waals surface area contributed by atoms with Crippen LogP contribution in [0.2, 0.25) is 0 Å². The molecule has 0 unspecified atom stereocenters. The zero-order valence-electron chi connectivity index (χ0n) is 10.0. The largest absolute Gasteiger partial charge is 0.383 e. The molecule has 0 saturated heterocycles. The van der Waals surface area contributed by atoms with Gasteiger partial charge in [-0.05, 0) is 12.1 Å². The minimum absolute atomic E-state index is 0.0157. The van der Waals surface area contributed by atoms with Gasteiger partial charge < -0.3 is 10.6 Å². The Balaban J connectivity index is 2.38. The molecule has 2 aromatic rings. The Bertz CT molecular complexity index is 609. The third kappa shape index (κ3) is 2.51. The summed E-state index contributed by atoms with van der Waals surface area (Å²) in [6.07, 6.45) is 2.89. The number of anilines is 2. The molecule has 0 aliphatic rings. The van der Waals surface area contributed by atoms with Crippen LogP contribution in [0, 0.1) is 10.1 Å². The molecular weight excluding hydrogens is 250 g/mol. The topological polar surface area (TPSA) is 113 Å². The second-order valence-electron chi connectivity index (χ2n) is 3.65. The zero-order chi connectivity index (χ0) is 13.8. The van der Waals surface area contributed by atoms with Crippen molar-refractivity contribution in [3.8, 4) is 0 Å². The number of nitrogens with zero attached hydrogens (tertiary/aromatic N) is 2. The van der Waals surface area contributed by atoms with E-state index in [1.807, 2.05) is 0 Å². The molecule has 0 fully saturated rings. The monoisotopic (exact) mass is 261 g/mol. The average molecular weight is 261 g/mol. The molecule has 0 aliphatic carbocycles. The maximum absolute atomic E-state index is 12.0. The number of carbonyl (C=O) groups is 1. The van der Waals surface area contributed by atoms with E-state index < -0.39 is 10.8 Å². The average Bonchev–Trinajstić information content (AvgIpc) is 2.90. The van der Waals surface area contributed by atoms with E-state index in [-0.39, 0.29) is 16.9 Å². The number of benzene rings is 1. The smallest absolute Gasteiger partial charge is 0.305 e. The van der Waals surface area contributed by atoms with Crippen molar-refractivity contribution in [3.63, 3.8) is 0 Å². The Labute approximate surface area is 108 Å². The van der Waals surface area contributed by atoms with E-state index in [0.717, 1.165) is 0 Å². The summed E-state index contributed by atoms with van der Waals surface area (Å²) in [5.74, 6) is -0.565. The summed E-state index contributed by atoms with van der Waals surface area (Å²) < 4.78 is 0. The lowest BCUT2D eigenvalue weighted by Crippen LogP contribution is -2.14. The SMILES string of the molecule is CNc1cccc(C(=O)Nc2cn[nH]c2)c1[N+](=O)[O-]. The molecule has 1 amide bonds. The van der Waals surface area contributed by atoms with Gasteiger partial charge in [0.2, 0.25) is 0 Å². The van der Waals surface area contributed by atoms with Crippen LogP contribution in [0.25, 0.3) is 0 Å². The van der Waals surface area contributed by atoms with Crippen LogP contribution in [-0.2, 0) is 0 Å². The van der Waals surface area contributed by atoms with Crippen molar-refractivity contribution in [2.75, 3.05) is 17.7 Å². The number of hydrogen-bond donors (Lipinski definition) is 3. The van der Waals surface area contributed by atoms with Crippen LogP contribution in [-0.4, -0.2) is 28.1 Å². The first kappa shape index (κ1) is 12.6. The van der Waals surface area contributed by atoms with Gasteiger partial charge in [0.1, 0.15) is 11.3 Å². The highest BCUT2D eigenvalue weighted by atomic mass is 16.6. The van der Waals surface area contributed by atoms with E-state index in [2.05, 4.69) is 20.8 Å². The Morgan fingerprint density at radius 3 is 2.84 bits per heavy atom. The van der Waals surface area contributed by atoms with Gasteiger partial charge >= 0.3 is 5.69 Å². The highest BCUT2D eigenvalue weighted by Gasteiger charge is 2.24. The molecular formula is C11H11N5O3. The number of amides is 1. The lowest BCUT2D eigenvalue weighted by Gasteiger charge is -2.07. The fraction of sp³-hybridized carbons (Fsp3) is 0.0909. The van der Waals surface area contributed by atoms with Crippen molar-refractivity contribution >= 4 is 23.0 Å². The molecule has 1 aromatic heterocycles. The van der Waals surface area contributed by atoms with Gasteiger partial charge in [-0.25, -0.2) is 0 Å². The van der Waals surface area contributed by atoms with Crippen LogP contribution < -0.4 is 10.6 Å². The van der Waals surface area contributed by atoms with Crippen LogP contribution in [0.4, 0.5) is 17.1 Å². The Hall–Kier alpha value is -2.90. The molecule has 0 aliphatic heterocycles. The molecule has 3 N–H and O–H groups in total. The fourth-order valence-electron chi connectivity index (χ4n) is 1.64. The van der Waals surface area contributed by atoms with Gasteiger partial charge in [-0.1, -0.05) is 6.07 Å². The molecule has 19 heavy (non-hydrogen) atoms. The highest BCUT2D eigenvalue weighted by molar-refractivity contribution is 6.08. The van der Waals surface area contributed by atoms with Crippen molar-refractivity contribution in [1.82, 2.24) is 10.2 Å². The standard InChI is InChI=1S/C11H11N5O3/c1-12-9-4-2-3-8(10(9)16(18)19)11(17)15-7-5-13-14-6-7/h2-6,12H,1H3,(H,13,14)(H,15,17). The molecule has 1 aromatic carbocycles. The first-order valence-electron chi connectivity index (χ1n) is 5.38. The summed E-state index contributed by atoms with van der Waals surface area (Å²) in [7, 11) is 1.56. The molecule has 2 rings (SSSR count). The molecule has 0 radical (unpaired) electrons. The molecule has 0 atom stereocenters. The van der Waals surface area contributed by atoms with E-state index in [4.69, 9.17) is 0 Å². The number of rotatable bonds is 4. The summed E-state index contributed by atoms with van der Waals surface area (Å²) in [6.45, 7) is 0. The van der Waals surface area contributed by atoms with Crippen molar-refractivity contribution in [1.29, 1.82) is 0 Å². The van der Waals surface area contributed by atoms with Crippen molar-refractivity contribution in [2.45, 2.75) is 0 Å². The highest BCUT2D eigenvalue weighted by Crippen LogP contribution is 2.28. The first-order chi connectivity index (χ1) is 9.13. The van der Waals surface area contributed by atoms with Gasteiger partial charge in [0.05, 0.1) is 16.8 Å². The van der Waals surface area contributed by atoms with Crippen molar-refractivity contribution < 1.29 is 9.72 Å². The zero-order valence-corrected chi connectivity index (χ0v) is 10.0. The lowest BCUT2D eigenvalue weighted by molar-refractivity contribution is -0.384. The molecule has 0 spiro atoms. The number of carbonyl (C=O) groups excluding carboxylic acids is 1. The Morgan fingerprint density at radius 1 is 1.47 bits per heavy atom. The van der Waals surface area contributed by atoms with Crippen LogP contribution in [0.5, 0.6) is 0 Å². The van der Waals surface area contributed by atoms with Crippen LogP contribution in [0.1, 0.15) is 10.4 Å². The normalized spacial score (nSPS) is 9.95. The van der Waals surface area contributed by atoms with E-state index >= 15 is 0 Å². The summed E-state index contributed by atoms with van der Waals surface area (Å²) >= 11 is 0. The second kappa shape index (κ2) is 5.17. The Kier molecular flexibility index (Phi) is 3.42. The number of nitro benzene ring substituents is 1. The molecule has 8 nitrogen and oxygen atoms in total. The maximum Gasteiger partial charge on any atom is 0.305 e. The number of para-hydroxylation sites is 1. The van der Waals surface area contributed by atoms with Gasteiger partial charge in [0.25, 0.3) is 5.91 Å². The number of hydrogen-bond acceptors (Lipinski definition) is 5. The van der Waals surface area contributed by atoms with E-state index in [9.17, 15) is 14.9 Å². The molecule has 0 bridgehead atoms. The quantitative estimate of drug-likeness (QED) is 0.571. The molecule has 0 saturated carbocycles. The summed E-state index contributed by atoms with van der Waals surface area (Å²) in [4.78, 5) is 22.5. The summed E-state index contributed by atoms with van der Waals surface area (Å²) in [5.41, 5.74) is 0.447. The minimum atomic E-state index is -0.587. The number of aromatic amines is 1. The third-order valence-corrected chi connectivity index (χ3v) is 2.49. The molecule has 8 heteroatoms. The van der Waals surface area contributed by atoms with Crippen LogP contribution in [0.3, 0.4) is 0 Å². The maximum atomic E-state index is 12.0. The Morgan fingerprint density at radius 2 is 2.26 bits per heavy atom. The van der Waals surface area contributed by atoms with Crippen LogP contribution >= 0.6 is 0 Å². The molecule has 1 heterocycles. The van der Waals surface area contributed by atoms with Crippen molar-refractivity contribution in [2.24, 2.45) is 0 Å². The number of aromatic nitrogens is 2. The predicted octanol–water partition coefficient (Wildman–Crippen LogP) is 1.61. The van der Waals surface area contributed by atoms with Gasteiger partial charge in [0.15, 0.2) is 0 Å². The predicted molar refractivity (Wildman–Crippen MR) is 69.2 cm³/mol. The number of nitro groups is 1. The minimum Gasteiger partial charge on any atom is -0.383 e. The van der Waals surface area contributed by atoms with Gasteiger partial charge in [-0.2, -0.15) is 5.10 Å². The first-order valence-corrected chi connectivity index (χ1v) is 5.38. The second-order valence-corrected chi connectivity index (χ2v) is 3.65. The van der Waals surface area contributed by atoms with E-state index in [1.165, 1.54) is 24.5 Å². The third-order valence-electron chi connectivity index (χ3n) is 2.49. The van der Waals surface area contributed by atoms with E-state index in [1.54, 1.807) is 13.1 Å².